The quantitative estimate of drug-likeness (QED) is 0.533. The van der Waals surface area contributed by atoms with Gasteiger partial charge in [-0.25, -0.2) is 0 Å². The number of hydrogen-bond acceptors (Lipinski definition) is 4. The Labute approximate surface area is 86.5 Å². The molecule has 0 aromatic heterocycles. The highest BCUT2D eigenvalue weighted by Gasteiger charge is 2.21. The van der Waals surface area contributed by atoms with Crippen molar-refractivity contribution in [2.75, 3.05) is 40.6 Å². The molecular weight excluding hydrogens is 184 g/mol. The van der Waals surface area contributed by atoms with E-state index in [1.165, 1.54) is 0 Å². The summed E-state index contributed by atoms with van der Waals surface area (Å²) >= 11 is 0. The van der Waals surface area contributed by atoms with Gasteiger partial charge in [0, 0.05) is 27.4 Å². The van der Waals surface area contributed by atoms with Gasteiger partial charge in [-0.15, -0.1) is 0 Å². The molecule has 14 heavy (non-hydrogen) atoms. The molecule has 4 heteroatoms. The highest BCUT2D eigenvalue weighted by Crippen LogP contribution is 2.09. The van der Waals surface area contributed by atoms with E-state index in [0.29, 0.717) is 26.4 Å². The number of hydrogen-bond donors (Lipinski definition) is 0. The van der Waals surface area contributed by atoms with E-state index in [4.69, 9.17) is 18.9 Å². The molecule has 0 aromatic rings. The third-order valence-corrected chi connectivity index (χ3v) is 1.92. The molecule has 0 radical (unpaired) electrons. The predicted octanol–water partition coefficient (Wildman–Crippen LogP) is 1.29. The lowest BCUT2D eigenvalue weighted by Gasteiger charge is -2.24. The predicted molar refractivity (Wildman–Crippen MR) is 54.3 cm³/mol. The van der Waals surface area contributed by atoms with E-state index in [1.807, 2.05) is 13.8 Å². The molecular formula is C10H22O4. The Hall–Kier alpha value is -0.160. The van der Waals surface area contributed by atoms with Crippen LogP contribution in [0.4, 0.5) is 0 Å². The molecule has 0 fully saturated rings. The number of rotatable bonds is 9. The summed E-state index contributed by atoms with van der Waals surface area (Å²) in [6, 6.07) is 0. The van der Waals surface area contributed by atoms with Gasteiger partial charge in [0.15, 0.2) is 6.29 Å². The van der Waals surface area contributed by atoms with E-state index in [1.54, 1.807) is 14.2 Å². The van der Waals surface area contributed by atoms with E-state index < -0.39 is 0 Å². The van der Waals surface area contributed by atoms with Crippen molar-refractivity contribution in [3.05, 3.63) is 0 Å². The third kappa shape index (κ3) is 5.54. The Morgan fingerprint density at radius 3 is 1.57 bits per heavy atom. The maximum atomic E-state index is 5.34. The lowest BCUT2D eigenvalue weighted by molar-refractivity contribution is -0.163. The van der Waals surface area contributed by atoms with E-state index in [-0.39, 0.29) is 12.2 Å². The van der Waals surface area contributed by atoms with Gasteiger partial charge >= 0.3 is 0 Å². The smallest absolute Gasteiger partial charge is 0.164 e. The van der Waals surface area contributed by atoms with Crippen molar-refractivity contribution in [2.45, 2.75) is 20.1 Å². The van der Waals surface area contributed by atoms with Crippen LogP contribution >= 0.6 is 0 Å². The Morgan fingerprint density at radius 2 is 1.29 bits per heavy atom. The Morgan fingerprint density at radius 1 is 0.857 bits per heavy atom. The van der Waals surface area contributed by atoms with Crippen molar-refractivity contribution in [3.8, 4) is 0 Å². The van der Waals surface area contributed by atoms with Crippen LogP contribution < -0.4 is 0 Å². The van der Waals surface area contributed by atoms with Gasteiger partial charge in [0.05, 0.1) is 19.1 Å². The lowest BCUT2D eigenvalue weighted by atomic mass is 10.1. The van der Waals surface area contributed by atoms with E-state index in [9.17, 15) is 0 Å². The minimum atomic E-state index is -0.256. The number of methoxy groups -OCH3 is 2. The van der Waals surface area contributed by atoms with Crippen molar-refractivity contribution in [2.24, 2.45) is 5.92 Å². The second-order valence-electron chi connectivity index (χ2n) is 2.92. The van der Waals surface area contributed by atoms with Crippen molar-refractivity contribution in [1.82, 2.24) is 0 Å². The van der Waals surface area contributed by atoms with Crippen molar-refractivity contribution in [1.29, 1.82) is 0 Å². The van der Waals surface area contributed by atoms with Crippen molar-refractivity contribution < 1.29 is 18.9 Å². The van der Waals surface area contributed by atoms with Crippen LogP contribution in [0, 0.1) is 5.92 Å². The summed E-state index contributed by atoms with van der Waals surface area (Å²) in [6.45, 7) is 6.52. The lowest BCUT2D eigenvalue weighted by Crippen LogP contribution is -2.32. The first kappa shape index (κ1) is 13.8. The molecule has 4 nitrogen and oxygen atoms in total. The largest absolute Gasteiger partial charge is 0.381 e. The topological polar surface area (TPSA) is 36.9 Å². The summed E-state index contributed by atoms with van der Waals surface area (Å²) < 4.78 is 21.0. The standard InChI is InChI=1S/C10H22O4/c1-5-13-7-9(8-14-6-2)10(11-3)12-4/h9-10H,5-8H2,1-4H3. The zero-order valence-corrected chi connectivity index (χ0v) is 9.62. The summed E-state index contributed by atoms with van der Waals surface area (Å²) in [5.74, 6) is 0.130. The molecule has 0 spiro atoms. The van der Waals surface area contributed by atoms with Crippen molar-refractivity contribution in [3.63, 3.8) is 0 Å². The van der Waals surface area contributed by atoms with Crippen LogP contribution in [0.15, 0.2) is 0 Å². The first-order chi connectivity index (χ1) is 6.79. The molecule has 0 bridgehead atoms. The van der Waals surface area contributed by atoms with Gasteiger partial charge in [-0.2, -0.15) is 0 Å². The van der Waals surface area contributed by atoms with Crippen LogP contribution in [0.1, 0.15) is 13.8 Å². The zero-order chi connectivity index (χ0) is 10.8. The van der Waals surface area contributed by atoms with Crippen LogP contribution in [-0.4, -0.2) is 46.9 Å². The molecule has 0 saturated heterocycles. The summed E-state index contributed by atoms with van der Waals surface area (Å²) in [5, 5.41) is 0. The molecule has 0 atom stereocenters. The fourth-order valence-corrected chi connectivity index (χ4v) is 1.22. The minimum Gasteiger partial charge on any atom is -0.381 e. The summed E-state index contributed by atoms with van der Waals surface area (Å²) in [6.07, 6.45) is -0.256. The molecule has 0 amide bonds. The van der Waals surface area contributed by atoms with Crippen LogP contribution in [0.3, 0.4) is 0 Å². The second kappa shape index (κ2) is 9.40. The maximum absolute atomic E-state index is 5.34. The molecule has 0 N–H and O–H groups in total. The molecule has 0 aliphatic carbocycles. The van der Waals surface area contributed by atoms with Gasteiger partial charge in [-0.1, -0.05) is 0 Å². The van der Waals surface area contributed by atoms with Gasteiger partial charge < -0.3 is 18.9 Å². The second-order valence-corrected chi connectivity index (χ2v) is 2.92. The molecule has 0 aliphatic heterocycles. The van der Waals surface area contributed by atoms with Gasteiger partial charge in [0.1, 0.15) is 0 Å². The first-order valence-electron chi connectivity index (χ1n) is 5.01. The van der Waals surface area contributed by atoms with Gasteiger partial charge in [0.25, 0.3) is 0 Å². The zero-order valence-electron chi connectivity index (χ0n) is 9.62. The Bertz CT molecular complexity index is 107. The average molecular weight is 206 g/mol. The van der Waals surface area contributed by atoms with Crippen LogP contribution in [-0.2, 0) is 18.9 Å². The molecule has 0 aliphatic rings. The van der Waals surface area contributed by atoms with Crippen molar-refractivity contribution >= 4 is 0 Å². The minimum absolute atomic E-state index is 0.130. The third-order valence-electron chi connectivity index (χ3n) is 1.92. The Kier molecular flexibility index (Phi) is 9.29. The van der Waals surface area contributed by atoms with Gasteiger partial charge in [0.2, 0.25) is 0 Å². The van der Waals surface area contributed by atoms with E-state index in [0.717, 1.165) is 0 Å². The first-order valence-corrected chi connectivity index (χ1v) is 5.01. The molecule has 0 saturated carbocycles. The fraction of sp³-hybridized carbons (Fsp3) is 1.00. The average Bonchev–Trinajstić information content (AvgIpc) is 2.22. The van der Waals surface area contributed by atoms with Gasteiger partial charge in [-0.05, 0) is 13.8 Å². The normalized spacial score (nSPS) is 11.6. The highest BCUT2D eigenvalue weighted by molar-refractivity contribution is 4.61. The highest BCUT2D eigenvalue weighted by atomic mass is 16.7. The van der Waals surface area contributed by atoms with E-state index >= 15 is 0 Å². The van der Waals surface area contributed by atoms with Crippen LogP contribution in [0.25, 0.3) is 0 Å². The van der Waals surface area contributed by atoms with Crippen LogP contribution in [0.2, 0.25) is 0 Å². The molecule has 0 aromatic carbocycles. The van der Waals surface area contributed by atoms with Gasteiger partial charge in [-0.3, -0.25) is 0 Å². The SMILES string of the molecule is CCOCC(COCC)C(OC)OC. The van der Waals surface area contributed by atoms with Crippen LogP contribution in [0.5, 0.6) is 0 Å². The summed E-state index contributed by atoms with van der Waals surface area (Å²) in [5.41, 5.74) is 0. The molecule has 0 heterocycles. The molecule has 86 valence electrons. The Balaban J connectivity index is 3.92. The maximum Gasteiger partial charge on any atom is 0.164 e. The molecule has 0 unspecified atom stereocenters. The summed E-state index contributed by atoms with van der Waals surface area (Å²) in [4.78, 5) is 0. The monoisotopic (exact) mass is 206 g/mol. The van der Waals surface area contributed by atoms with E-state index in [2.05, 4.69) is 0 Å². The summed E-state index contributed by atoms with van der Waals surface area (Å²) in [7, 11) is 3.25. The number of ether oxygens (including phenoxy) is 4. The molecule has 0 rings (SSSR count). The fourth-order valence-electron chi connectivity index (χ4n) is 1.22.